The Hall–Kier alpha value is -9.39. The van der Waals surface area contributed by atoms with Crippen molar-refractivity contribution in [1.82, 2.24) is 14.0 Å². The van der Waals surface area contributed by atoms with Crippen LogP contribution in [0.25, 0.3) is 121 Å². The van der Waals surface area contributed by atoms with E-state index in [1.165, 1.54) is 10.8 Å². The Balaban J connectivity index is 0.841. The van der Waals surface area contributed by atoms with E-state index in [0.717, 1.165) is 127 Å². The van der Waals surface area contributed by atoms with E-state index in [4.69, 9.17) is 13.8 Å². The minimum absolute atomic E-state index is 0.849. The van der Waals surface area contributed by atoms with Gasteiger partial charge in [-0.3, -0.25) is 8.97 Å². The number of benzene rings is 10. The van der Waals surface area contributed by atoms with E-state index in [1.807, 2.05) is 24.3 Å². The lowest BCUT2D eigenvalue weighted by molar-refractivity contribution is 0.669. The molecule has 15 aromatic rings. The number of imidazole rings is 1. The number of fused-ring (bicyclic) bond motifs is 16. The van der Waals surface area contributed by atoms with Crippen LogP contribution in [-0.4, -0.2) is 14.0 Å². The molecule has 0 N–H and O–H groups in total. The molecule has 322 valence electrons. The van der Waals surface area contributed by atoms with Crippen molar-refractivity contribution in [2.24, 2.45) is 0 Å². The molecule has 0 saturated heterocycles. The average Bonchev–Trinajstić information content (AvgIpc) is 4.19. The Morgan fingerprint density at radius 2 is 0.928 bits per heavy atom. The Labute approximate surface area is 394 Å². The minimum Gasteiger partial charge on any atom is -0.456 e. The number of hydrogen-bond acceptors (Lipinski definition) is 4. The summed E-state index contributed by atoms with van der Waals surface area (Å²) in [4.78, 5) is 7.73. The molecular formula is C63H38N4O2. The first-order chi connectivity index (χ1) is 34.2. The maximum absolute atomic E-state index is 6.45. The molecule has 0 atom stereocenters. The van der Waals surface area contributed by atoms with Crippen LogP contribution in [0.3, 0.4) is 0 Å². The van der Waals surface area contributed by atoms with Crippen molar-refractivity contribution < 1.29 is 8.83 Å². The predicted octanol–water partition coefficient (Wildman–Crippen LogP) is 17.3. The molecule has 5 heterocycles. The van der Waals surface area contributed by atoms with Crippen molar-refractivity contribution in [2.75, 3.05) is 4.90 Å². The van der Waals surface area contributed by atoms with Crippen molar-refractivity contribution in [2.45, 2.75) is 0 Å². The van der Waals surface area contributed by atoms with Gasteiger partial charge >= 0.3 is 0 Å². The maximum atomic E-state index is 6.45. The second-order valence-corrected chi connectivity index (χ2v) is 17.9. The van der Waals surface area contributed by atoms with Crippen LogP contribution in [0.5, 0.6) is 0 Å². The van der Waals surface area contributed by atoms with Crippen LogP contribution in [0.4, 0.5) is 17.1 Å². The van der Waals surface area contributed by atoms with Gasteiger partial charge in [0.25, 0.3) is 0 Å². The van der Waals surface area contributed by atoms with Crippen molar-refractivity contribution in [3.63, 3.8) is 0 Å². The van der Waals surface area contributed by atoms with Crippen molar-refractivity contribution in [3.05, 3.63) is 231 Å². The van der Waals surface area contributed by atoms with Gasteiger partial charge in [0.15, 0.2) is 5.65 Å². The molecule has 0 bridgehead atoms. The van der Waals surface area contributed by atoms with Gasteiger partial charge in [-0.1, -0.05) is 158 Å². The summed E-state index contributed by atoms with van der Waals surface area (Å²) in [5, 5.41) is 9.08. The number of anilines is 3. The van der Waals surface area contributed by atoms with E-state index in [1.54, 1.807) is 0 Å². The first-order valence-electron chi connectivity index (χ1n) is 23.4. The number of para-hydroxylation sites is 5. The number of nitrogens with zero attached hydrogens (tertiary/aromatic N) is 4. The van der Waals surface area contributed by atoms with E-state index in [2.05, 4.69) is 220 Å². The first kappa shape index (κ1) is 37.8. The standard InChI is InChI=1S/C63H38N4O2/c1-2-16-50-46(13-1)47-14-3-7-21-53(47)67-62(50)64-60-51-17-4-8-22-54(51)66(63(60)67)44-35-29-40(30-36-44)39-27-33-42(34-28-39)65(55-23-12-26-58-59(55)52-18-6-10-25-57(52)68-58)43-37-31-41(32-38-43)45-19-11-20-49-48-15-5-9-24-56(48)69-61(45)49/h1-38H. The molecule has 0 unspecified atom stereocenters. The Kier molecular flexibility index (Phi) is 7.97. The molecule has 6 heteroatoms. The highest BCUT2D eigenvalue weighted by Crippen LogP contribution is 2.45. The molecule has 0 saturated carbocycles. The number of pyridine rings is 1. The van der Waals surface area contributed by atoms with E-state index in [-0.39, 0.29) is 0 Å². The summed E-state index contributed by atoms with van der Waals surface area (Å²) >= 11 is 0. The first-order valence-corrected chi connectivity index (χ1v) is 23.4. The van der Waals surface area contributed by atoms with Gasteiger partial charge in [-0.05, 0) is 94.9 Å². The highest BCUT2D eigenvalue weighted by Gasteiger charge is 2.23. The third-order valence-electron chi connectivity index (χ3n) is 14.1. The molecule has 5 aromatic heterocycles. The van der Waals surface area contributed by atoms with Gasteiger partial charge in [0.1, 0.15) is 33.5 Å². The van der Waals surface area contributed by atoms with E-state index in [9.17, 15) is 0 Å². The minimum atomic E-state index is 0.849. The molecule has 0 spiro atoms. The molecule has 6 nitrogen and oxygen atoms in total. The van der Waals surface area contributed by atoms with Gasteiger partial charge < -0.3 is 13.7 Å². The highest BCUT2D eigenvalue weighted by atomic mass is 16.3. The third-order valence-corrected chi connectivity index (χ3v) is 14.1. The molecule has 0 aliphatic rings. The summed E-state index contributed by atoms with van der Waals surface area (Å²) in [5.41, 5.74) is 17.4. The monoisotopic (exact) mass is 882 g/mol. The lowest BCUT2D eigenvalue weighted by Crippen LogP contribution is -2.10. The molecular weight excluding hydrogens is 845 g/mol. The summed E-state index contributed by atoms with van der Waals surface area (Å²) in [6.45, 7) is 0. The second kappa shape index (κ2) is 14.6. The zero-order valence-electron chi connectivity index (χ0n) is 37.0. The zero-order valence-corrected chi connectivity index (χ0v) is 37.0. The van der Waals surface area contributed by atoms with Crippen LogP contribution in [0, 0.1) is 0 Å². The zero-order chi connectivity index (χ0) is 45.2. The summed E-state index contributed by atoms with van der Waals surface area (Å²) in [5.74, 6) is 0. The molecule has 15 rings (SSSR count). The molecule has 10 aromatic carbocycles. The van der Waals surface area contributed by atoms with Gasteiger partial charge in [0.05, 0.1) is 22.1 Å². The van der Waals surface area contributed by atoms with Crippen molar-refractivity contribution in [3.8, 4) is 27.9 Å². The molecule has 0 fully saturated rings. The third kappa shape index (κ3) is 5.57. The second-order valence-electron chi connectivity index (χ2n) is 17.9. The van der Waals surface area contributed by atoms with Crippen LogP contribution < -0.4 is 4.90 Å². The van der Waals surface area contributed by atoms with Crippen molar-refractivity contribution in [1.29, 1.82) is 0 Å². The Morgan fingerprint density at radius 3 is 1.68 bits per heavy atom. The Bertz CT molecular complexity index is 4530. The Morgan fingerprint density at radius 1 is 0.377 bits per heavy atom. The SMILES string of the molecule is c1ccc2c(c1)oc1c(-c3ccc(N(c4ccc(-c5ccc(-n6c7ccccc7c7nc8c9ccccc9c9ccccc9n8c76)cc5)cc4)c4cccc5oc6ccccc6c45)cc3)cccc12. The fraction of sp³-hybridized carbons (Fsp3) is 0. The number of aromatic nitrogens is 3. The highest BCUT2D eigenvalue weighted by molar-refractivity contribution is 6.17. The van der Waals surface area contributed by atoms with Crippen LogP contribution in [0.1, 0.15) is 0 Å². The molecule has 0 radical (unpaired) electrons. The van der Waals surface area contributed by atoms with Crippen LogP contribution in [-0.2, 0) is 0 Å². The summed E-state index contributed by atoms with van der Waals surface area (Å²) in [6.07, 6.45) is 0. The van der Waals surface area contributed by atoms with Crippen molar-refractivity contribution >= 4 is 110 Å². The van der Waals surface area contributed by atoms with Crippen LogP contribution >= 0.6 is 0 Å². The fourth-order valence-electron chi connectivity index (χ4n) is 11.0. The number of furan rings is 2. The van der Waals surface area contributed by atoms with Gasteiger partial charge in [0.2, 0.25) is 0 Å². The lowest BCUT2D eigenvalue weighted by Gasteiger charge is -2.26. The largest absolute Gasteiger partial charge is 0.456 e. The average molecular weight is 883 g/mol. The maximum Gasteiger partial charge on any atom is 0.151 e. The van der Waals surface area contributed by atoms with Gasteiger partial charge in [-0.25, -0.2) is 4.98 Å². The van der Waals surface area contributed by atoms with Crippen LogP contribution in [0.2, 0.25) is 0 Å². The van der Waals surface area contributed by atoms with E-state index < -0.39 is 0 Å². The number of rotatable bonds is 6. The van der Waals surface area contributed by atoms with E-state index in [0.29, 0.717) is 0 Å². The van der Waals surface area contributed by atoms with Gasteiger partial charge in [-0.15, -0.1) is 0 Å². The summed E-state index contributed by atoms with van der Waals surface area (Å²) in [6, 6.07) is 81.9. The normalized spacial score (nSPS) is 12.1. The quantitative estimate of drug-likeness (QED) is 0.156. The molecule has 0 aliphatic heterocycles. The molecule has 0 aliphatic carbocycles. The molecule has 0 amide bonds. The van der Waals surface area contributed by atoms with Crippen LogP contribution in [0.15, 0.2) is 239 Å². The van der Waals surface area contributed by atoms with Gasteiger partial charge in [0, 0.05) is 54.9 Å². The smallest absolute Gasteiger partial charge is 0.151 e. The van der Waals surface area contributed by atoms with Gasteiger partial charge in [-0.2, -0.15) is 0 Å². The van der Waals surface area contributed by atoms with E-state index >= 15 is 0 Å². The lowest BCUT2D eigenvalue weighted by atomic mass is 10.0. The summed E-state index contributed by atoms with van der Waals surface area (Å²) < 4.78 is 17.6. The summed E-state index contributed by atoms with van der Waals surface area (Å²) in [7, 11) is 0. The number of hydrogen-bond donors (Lipinski definition) is 0. The molecule has 69 heavy (non-hydrogen) atoms. The topological polar surface area (TPSA) is 51.8 Å². The fourth-order valence-corrected chi connectivity index (χ4v) is 11.0. The predicted molar refractivity (Wildman–Crippen MR) is 285 cm³/mol.